The second kappa shape index (κ2) is 9.59. The molecule has 8 heteroatoms. The van der Waals surface area contributed by atoms with Gasteiger partial charge in [-0.25, -0.2) is 8.42 Å². The number of amides is 1. The van der Waals surface area contributed by atoms with Gasteiger partial charge in [0.15, 0.2) is 0 Å². The van der Waals surface area contributed by atoms with Crippen LogP contribution in [-0.4, -0.2) is 59.1 Å². The van der Waals surface area contributed by atoms with Gasteiger partial charge >= 0.3 is 0 Å². The van der Waals surface area contributed by atoms with Gasteiger partial charge in [0, 0.05) is 19.4 Å². The molecule has 0 aliphatic carbocycles. The Labute approximate surface area is 190 Å². The molecule has 168 valence electrons. The number of sulfonamides is 1. The molecule has 0 atom stereocenters. The molecule has 1 aliphatic heterocycles. The Morgan fingerprint density at radius 2 is 1.77 bits per heavy atom. The van der Waals surface area contributed by atoms with E-state index in [1.807, 2.05) is 13.0 Å². The molecule has 1 heterocycles. The number of benzene rings is 2. The molecular weight excluding hydrogens is 434 g/mol. The molecule has 0 bridgehead atoms. The lowest BCUT2D eigenvalue weighted by Gasteiger charge is -2.37. The van der Waals surface area contributed by atoms with Gasteiger partial charge in [-0.05, 0) is 42.7 Å². The molecule has 1 fully saturated rings. The number of hydrogen-bond acceptors (Lipinski definition) is 3. The average molecular weight is 465 g/mol. The van der Waals surface area contributed by atoms with Gasteiger partial charge in [-0.1, -0.05) is 35.9 Å². The molecule has 1 aliphatic rings. The van der Waals surface area contributed by atoms with Crippen molar-refractivity contribution in [2.24, 2.45) is 5.92 Å². The maximum atomic E-state index is 13.4. The van der Waals surface area contributed by atoms with E-state index in [0.717, 1.165) is 40.3 Å². The summed E-state index contributed by atoms with van der Waals surface area (Å²) in [5.74, 6) is 0.0771. The van der Waals surface area contributed by atoms with E-state index >= 15 is 0 Å². The Balaban J connectivity index is 1.79. The minimum atomic E-state index is -3.96. The van der Waals surface area contributed by atoms with Crippen molar-refractivity contribution in [3.63, 3.8) is 0 Å². The minimum Gasteiger partial charge on any atom is -0.354 e. The number of hydrogen-bond donors (Lipinski definition) is 1. The summed E-state index contributed by atoms with van der Waals surface area (Å²) < 4.78 is 28.9. The van der Waals surface area contributed by atoms with E-state index in [4.69, 9.17) is 11.6 Å². The summed E-state index contributed by atoms with van der Waals surface area (Å²) >= 11 is 6.35. The molecule has 0 aromatic heterocycles. The predicted molar refractivity (Wildman–Crippen MR) is 125 cm³/mol. The monoisotopic (exact) mass is 464 g/mol. The first-order valence-corrected chi connectivity index (χ1v) is 12.3. The molecule has 0 radical (unpaired) electrons. The molecular formula is C23H31ClN3O3S+. The van der Waals surface area contributed by atoms with Crippen molar-refractivity contribution in [2.45, 2.75) is 24.7 Å². The van der Waals surface area contributed by atoms with Crippen molar-refractivity contribution in [3.05, 3.63) is 59.1 Å². The fourth-order valence-corrected chi connectivity index (χ4v) is 5.52. The summed E-state index contributed by atoms with van der Waals surface area (Å²) in [6.45, 7) is 4.24. The van der Waals surface area contributed by atoms with Crippen LogP contribution < -0.4 is 9.62 Å². The Bertz CT molecular complexity index is 1020. The van der Waals surface area contributed by atoms with Crippen LogP contribution in [0, 0.1) is 12.8 Å². The first-order chi connectivity index (χ1) is 14.6. The molecule has 0 saturated carbocycles. The fraction of sp³-hybridized carbons (Fsp3) is 0.435. The van der Waals surface area contributed by atoms with E-state index in [2.05, 4.69) is 19.4 Å². The quantitative estimate of drug-likeness (QED) is 0.638. The Morgan fingerprint density at radius 1 is 1.13 bits per heavy atom. The van der Waals surface area contributed by atoms with Crippen LogP contribution in [0.2, 0.25) is 5.02 Å². The molecule has 0 unspecified atom stereocenters. The third-order valence-electron chi connectivity index (χ3n) is 5.86. The van der Waals surface area contributed by atoms with Gasteiger partial charge in [-0.3, -0.25) is 9.10 Å². The van der Waals surface area contributed by atoms with Gasteiger partial charge < -0.3 is 9.80 Å². The molecule has 2 aromatic carbocycles. The lowest BCUT2D eigenvalue weighted by molar-refractivity contribution is -0.896. The first-order valence-electron chi connectivity index (χ1n) is 10.5. The zero-order valence-electron chi connectivity index (χ0n) is 18.3. The van der Waals surface area contributed by atoms with Crippen LogP contribution in [0.15, 0.2) is 53.4 Å². The van der Waals surface area contributed by atoms with Gasteiger partial charge in [-0.15, -0.1) is 0 Å². The fourth-order valence-electron chi connectivity index (χ4n) is 3.80. The second-order valence-corrected chi connectivity index (χ2v) is 11.2. The second-order valence-electron chi connectivity index (χ2n) is 8.91. The van der Waals surface area contributed by atoms with E-state index in [0.29, 0.717) is 18.2 Å². The zero-order chi connectivity index (χ0) is 22.6. The molecule has 1 N–H and O–H groups in total. The molecule has 6 nitrogen and oxygen atoms in total. The van der Waals surface area contributed by atoms with Crippen LogP contribution in [-0.2, 0) is 14.8 Å². The van der Waals surface area contributed by atoms with Crippen molar-refractivity contribution >= 4 is 33.2 Å². The van der Waals surface area contributed by atoms with Crippen LogP contribution in [0.4, 0.5) is 5.69 Å². The minimum absolute atomic E-state index is 0.118. The highest BCUT2D eigenvalue weighted by Crippen LogP contribution is 2.31. The predicted octanol–water partition coefficient (Wildman–Crippen LogP) is 3.45. The van der Waals surface area contributed by atoms with Crippen molar-refractivity contribution in [2.75, 3.05) is 44.6 Å². The lowest BCUT2D eigenvalue weighted by Crippen LogP contribution is -2.48. The van der Waals surface area contributed by atoms with Crippen molar-refractivity contribution in [3.8, 4) is 0 Å². The highest BCUT2D eigenvalue weighted by Gasteiger charge is 2.30. The van der Waals surface area contributed by atoms with Crippen LogP contribution in [0.25, 0.3) is 0 Å². The van der Waals surface area contributed by atoms with E-state index in [-0.39, 0.29) is 22.4 Å². The largest absolute Gasteiger partial charge is 0.354 e. The molecule has 2 aromatic rings. The normalized spacial score (nSPS) is 16.6. The summed E-state index contributed by atoms with van der Waals surface area (Å²) in [7, 11) is 0.469. The summed E-state index contributed by atoms with van der Waals surface area (Å²) in [5, 5.41) is 3.23. The molecule has 3 rings (SSSR count). The van der Waals surface area contributed by atoms with E-state index < -0.39 is 10.0 Å². The van der Waals surface area contributed by atoms with Crippen LogP contribution in [0.1, 0.15) is 18.4 Å². The Kier molecular flexibility index (Phi) is 7.29. The zero-order valence-corrected chi connectivity index (χ0v) is 19.9. The van der Waals surface area contributed by atoms with Crippen molar-refractivity contribution < 1.29 is 17.7 Å². The molecule has 0 spiro atoms. The maximum Gasteiger partial charge on any atom is 0.264 e. The van der Waals surface area contributed by atoms with Gasteiger partial charge in [0.1, 0.15) is 6.54 Å². The first kappa shape index (κ1) is 23.6. The van der Waals surface area contributed by atoms with E-state index in [1.54, 1.807) is 30.3 Å². The number of nitrogens with zero attached hydrogens (tertiary/aromatic N) is 2. The number of carbonyl (C=O) groups is 1. The maximum absolute atomic E-state index is 13.4. The summed E-state index contributed by atoms with van der Waals surface area (Å²) in [4.78, 5) is 12.9. The topological polar surface area (TPSA) is 66.5 Å². The number of carbonyl (C=O) groups excluding carboxylic acids is 1. The van der Waals surface area contributed by atoms with Gasteiger partial charge in [-0.2, -0.15) is 0 Å². The number of likely N-dealkylation sites (tertiary alicyclic amines) is 1. The average Bonchev–Trinajstić information content (AvgIpc) is 2.73. The van der Waals surface area contributed by atoms with Gasteiger partial charge in [0.2, 0.25) is 5.91 Å². The number of anilines is 1. The summed E-state index contributed by atoms with van der Waals surface area (Å²) in [6.07, 6.45) is 2.09. The molecule has 31 heavy (non-hydrogen) atoms. The highest BCUT2D eigenvalue weighted by molar-refractivity contribution is 7.92. The number of halogens is 1. The van der Waals surface area contributed by atoms with Crippen molar-refractivity contribution in [1.29, 1.82) is 0 Å². The summed E-state index contributed by atoms with van der Waals surface area (Å²) in [5.41, 5.74) is 1.16. The third kappa shape index (κ3) is 5.99. The molecule has 1 amide bonds. The number of aryl methyl sites for hydroxylation is 1. The Morgan fingerprint density at radius 3 is 2.42 bits per heavy atom. The lowest BCUT2D eigenvalue weighted by atomic mass is 9.96. The number of nitrogens with one attached hydrogen (secondary N) is 1. The standard InChI is InChI=1S/C23H30ClN3O3S/c1-18-9-10-21(24)22(15-18)26(31(29,30)20-7-5-4-6-8-20)17-23(28)25-16-19-11-13-27(2,3)14-12-19/h4-10,15,19H,11-14,16-17H2,1-3H3/p+1. The van der Waals surface area contributed by atoms with E-state index in [1.165, 1.54) is 12.1 Å². The number of piperidine rings is 1. The Hall–Kier alpha value is -2.09. The van der Waals surface area contributed by atoms with Crippen LogP contribution >= 0.6 is 11.6 Å². The molecule has 1 saturated heterocycles. The van der Waals surface area contributed by atoms with Crippen molar-refractivity contribution in [1.82, 2.24) is 5.32 Å². The third-order valence-corrected chi connectivity index (χ3v) is 7.96. The van der Waals surface area contributed by atoms with E-state index in [9.17, 15) is 13.2 Å². The summed E-state index contributed by atoms with van der Waals surface area (Å²) in [6, 6.07) is 13.3. The van der Waals surface area contributed by atoms with Crippen LogP contribution in [0.5, 0.6) is 0 Å². The number of rotatable bonds is 7. The number of quaternary nitrogens is 1. The van der Waals surface area contributed by atoms with Crippen LogP contribution in [0.3, 0.4) is 0 Å². The van der Waals surface area contributed by atoms with Gasteiger partial charge in [0.05, 0.1) is 42.8 Å². The SMILES string of the molecule is Cc1ccc(Cl)c(N(CC(=O)NCC2CC[N+](C)(C)CC2)S(=O)(=O)c2ccccc2)c1. The highest BCUT2D eigenvalue weighted by atomic mass is 35.5. The van der Waals surface area contributed by atoms with Gasteiger partial charge in [0.25, 0.3) is 10.0 Å². The smallest absolute Gasteiger partial charge is 0.264 e.